The predicted octanol–water partition coefficient (Wildman–Crippen LogP) is 2.00. The Labute approximate surface area is 188 Å². The van der Waals surface area contributed by atoms with Gasteiger partial charge in [-0.05, 0) is 31.1 Å². The molecule has 2 aliphatic heterocycles. The molecule has 0 bridgehead atoms. The van der Waals surface area contributed by atoms with Gasteiger partial charge in [0.15, 0.2) is 9.84 Å². The number of hydrazone groups is 1. The minimum Gasteiger partial charge on any atom is -0.349 e. The van der Waals surface area contributed by atoms with E-state index in [9.17, 15) is 18.0 Å². The third-order valence-electron chi connectivity index (χ3n) is 5.85. The van der Waals surface area contributed by atoms with Gasteiger partial charge in [0.1, 0.15) is 5.71 Å². The van der Waals surface area contributed by atoms with E-state index in [-0.39, 0.29) is 47.9 Å². The molecule has 1 aromatic carbocycles. The van der Waals surface area contributed by atoms with Gasteiger partial charge in [0, 0.05) is 24.4 Å². The summed E-state index contributed by atoms with van der Waals surface area (Å²) in [6.45, 7) is 6.04. The van der Waals surface area contributed by atoms with Gasteiger partial charge in [-0.25, -0.2) is 13.4 Å². The standard InChI is InChI=1S/C21H29ClN4O4S/c1-3-25(4-2)19(16-7-5-6-8-17(16)22)13-23-21(28)18-9-10-20(27)26(24-18)15-11-12-31(29,30)14-15/h5-8,15,19H,3-4,9-14H2,1-2H3,(H,23,28). The SMILES string of the molecule is CCN(CC)C(CNC(=O)C1=NN(C2CCS(=O)(=O)C2)C(=O)CC1)c1ccccc1Cl. The Hall–Kier alpha value is -1.97. The number of amides is 2. The minimum absolute atomic E-state index is 0.0435. The van der Waals surface area contributed by atoms with E-state index in [0.717, 1.165) is 18.7 Å². The lowest BCUT2D eigenvalue weighted by molar-refractivity contribution is -0.133. The molecule has 10 heteroatoms. The maximum atomic E-state index is 12.9. The van der Waals surface area contributed by atoms with Gasteiger partial charge >= 0.3 is 0 Å². The fourth-order valence-electron chi connectivity index (χ4n) is 4.13. The first-order valence-corrected chi connectivity index (χ1v) is 12.8. The number of hydrogen-bond acceptors (Lipinski definition) is 6. The van der Waals surface area contributed by atoms with Gasteiger partial charge in [-0.15, -0.1) is 0 Å². The zero-order valence-electron chi connectivity index (χ0n) is 17.9. The van der Waals surface area contributed by atoms with E-state index < -0.39 is 15.9 Å². The first-order chi connectivity index (χ1) is 14.8. The fraction of sp³-hybridized carbons (Fsp3) is 0.571. The van der Waals surface area contributed by atoms with Crippen molar-refractivity contribution in [3.63, 3.8) is 0 Å². The van der Waals surface area contributed by atoms with Crippen molar-refractivity contribution in [3.8, 4) is 0 Å². The number of carbonyl (C=O) groups is 2. The molecule has 1 saturated heterocycles. The summed E-state index contributed by atoms with van der Waals surface area (Å²) in [5.74, 6) is -0.645. The molecule has 1 N–H and O–H groups in total. The van der Waals surface area contributed by atoms with Crippen molar-refractivity contribution in [2.45, 2.75) is 45.2 Å². The summed E-state index contributed by atoms with van der Waals surface area (Å²) in [6, 6.07) is 6.98. The van der Waals surface area contributed by atoms with Crippen LogP contribution in [-0.4, -0.2) is 73.0 Å². The first-order valence-electron chi connectivity index (χ1n) is 10.6. The second-order valence-corrected chi connectivity index (χ2v) is 10.4. The zero-order valence-corrected chi connectivity index (χ0v) is 19.5. The predicted molar refractivity (Wildman–Crippen MR) is 121 cm³/mol. The molecule has 1 fully saturated rings. The molecule has 0 radical (unpaired) electrons. The molecule has 2 amide bonds. The van der Waals surface area contributed by atoms with Gasteiger partial charge in [-0.3, -0.25) is 14.5 Å². The highest BCUT2D eigenvalue weighted by atomic mass is 35.5. The molecule has 0 spiro atoms. The van der Waals surface area contributed by atoms with Crippen LogP contribution in [0, 0.1) is 0 Å². The molecule has 2 unspecified atom stereocenters. The number of likely N-dealkylation sites (N-methyl/N-ethyl adjacent to an activating group) is 1. The van der Waals surface area contributed by atoms with E-state index in [2.05, 4.69) is 29.2 Å². The monoisotopic (exact) mass is 468 g/mol. The normalized spacial score (nSPS) is 21.8. The van der Waals surface area contributed by atoms with E-state index in [4.69, 9.17) is 11.6 Å². The minimum atomic E-state index is -3.16. The highest BCUT2D eigenvalue weighted by molar-refractivity contribution is 7.91. The lowest BCUT2D eigenvalue weighted by Gasteiger charge is -2.31. The van der Waals surface area contributed by atoms with Gasteiger partial charge in [-0.2, -0.15) is 5.10 Å². The molecule has 0 aliphatic carbocycles. The quantitative estimate of drug-likeness (QED) is 0.629. The van der Waals surface area contributed by atoms with Crippen LogP contribution in [0.15, 0.2) is 29.4 Å². The topological polar surface area (TPSA) is 99.2 Å². The van der Waals surface area contributed by atoms with Crippen LogP contribution >= 0.6 is 11.6 Å². The highest BCUT2D eigenvalue weighted by Gasteiger charge is 2.37. The van der Waals surface area contributed by atoms with E-state index in [1.807, 2.05) is 24.3 Å². The highest BCUT2D eigenvalue weighted by Crippen LogP contribution is 2.27. The van der Waals surface area contributed by atoms with E-state index in [0.29, 0.717) is 18.0 Å². The van der Waals surface area contributed by atoms with Crippen LogP contribution in [0.3, 0.4) is 0 Å². The molecule has 2 atom stereocenters. The third kappa shape index (κ3) is 5.64. The second kappa shape index (κ2) is 10.1. The van der Waals surface area contributed by atoms with Crippen LogP contribution < -0.4 is 5.32 Å². The van der Waals surface area contributed by atoms with E-state index in [1.54, 1.807) is 0 Å². The van der Waals surface area contributed by atoms with Crippen LogP contribution in [0.2, 0.25) is 5.02 Å². The Bertz CT molecular complexity index is 962. The van der Waals surface area contributed by atoms with Crippen LogP contribution in [-0.2, 0) is 19.4 Å². The largest absolute Gasteiger partial charge is 0.349 e. The van der Waals surface area contributed by atoms with Crippen LogP contribution in [0.25, 0.3) is 0 Å². The number of nitrogens with one attached hydrogen (secondary N) is 1. The Morgan fingerprint density at radius 1 is 1.29 bits per heavy atom. The zero-order chi connectivity index (χ0) is 22.6. The second-order valence-electron chi connectivity index (χ2n) is 7.81. The molecular weight excluding hydrogens is 440 g/mol. The van der Waals surface area contributed by atoms with Crippen LogP contribution in [0.5, 0.6) is 0 Å². The smallest absolute Gasteiger partial charge is 0.267 e. The fourth-order valence-corrected chi connectivity index (χ4v) is 6.08. The summed E-state index contributed by atoms with van der Waals surface area (Å²) in [6.07, 6.45) is 0.735. The molecular formula is C21H29ClN4O4S. The van der Waals surface area contributed by atoms with Gasteiger partial charge in [0.25, 0.3) is 5.91 Å². The summed E-state index contributed by atoms with van der Waals surface area (Å²) < 4.78 is 23.6. The summed E-state index contributed by atoms with van der Waals surface area (Å²) in [4.78, 5) is 27.4. The van der Waals surface area contributed by atoms with Crippen molar-refractivity contribution in [1.29, 1.82) is 0 Å². The summed E-state index contributed by atoms with van der Waals surface area (Å²) in [5, 5.41) is 9.04. The van der Waals surface area contributed by atoms with E-state index in [1.165, 1.54) is 5.01 Å². The molecule has 0 aromatic heterocycles. The number of carbonyl (C=O) groups excluding carboxylic acids is 2. The lowest BCUT2D eigenvalue weighted by Crippen LogP contribution is -2.45. The molecule has 170 valence electrons. The summed E-state index contributed by atoms with van der Waals surface area (Å²) >= 11 is 6.42. The van der Waals surface area contributed by atoms with E-state index >= 15 is 0 Å². The maximum Gasteiger partial charge on any atom is 0.267 e. The van der Waals surface area contributed by atoms with Crippen LogP contribution in [0.1, 0.15) is 44.7 Å². The Balaban J connectivity index is 1.73. The van der Waals surface area contributed by atoms with Crippen molar-refractivity contribution in [2.75, 3.05) is 31.1 Å². The number of rotatable bonds is 8. The molecule has 2 aliphatic rings. The number of hydrogen-bond donors (Lipinski definition) is 1. The molecule has 0 saturated carbocycles. The lowest BCUT2D eigenvalue weighted by atomic mass is 10.0. The average molecular weight is 469 g/mol. The summed E-state index contributed by atoms with van der Waals surface area (Å²) in [5.41, 5.74) is 1.19. The Morgan fingerprint density at radius 2 is 2.00 bits per heavy atom. The summed E-state index contributed by atoms with van der Waals surface area (Å²) in [7, 11) is -3.16. The number of benzene rings is 1. The van der Waals surface area contributed by atoms with Crippen molar-refractivity contribution in [3.05, 3.63) is 34.9 Å². The average Bonchev–Trinajstić information content (AvgIpc) is 3.11. The van der Waals surface area contributed by atoms with Crippen LogP contribution in [0.4, 0.5) is 0 Å². The molecule has 31 heavy (non-hydrogen) atoms. The van der Waals surface area contributed by atoms with Gasteiger partial charge < -0.3 is 5.32 Å². The number of sulfone groups is 1. The Morgan fingerprint density at radius 3 is 2.61 bits per heavy atom. The molecule has 8 nitrogen and oxygen atoms in total. The van der Waals surface area contributed by atoms with Crippen molar-refractivity contribution in [2.24, 2.45) is 5.10 Å². The van der Waals surface area contributed by atoms with Gasteiger partial charge in [-0.1, -0.05) is 43.6 Å². The Kier molecular flexibility index (Phi) is 7.72. The number of nitrogens with zero attached hydrogens (tertiary/aromatic N) is 3. The molecule has 3 rings (SSSR count). The van der Waals surface area contributed by atoms with Gasteiger partial charge in [0.05, 0.1) is 23.6 Å². The molecule has 1 aromatic rings. The molecule has 2 heterocycles. The first kappa shape index (κ1) is 23.7. The third-order valence-corrected chi connectivity index (χ3v) is 7.94. The van der Waals surface area contributed by atoms with Crippen molar-refractivity contribution < 1.29 is 18.0 Å². The van der Waals surface area contributed by atoms with Crippen molar-refractivity contribution in [1.82, 2.24) is 15.2 Å². The van der Waals surface area contributed by atoms with Crippen molar-refractivity contribution >= 4 is 39.0 Å². The number of halogens is 1. The van der Waals surface area contributed by atoms with Gasteiger partial charge in [0.2, 0.25) is 5.91 Å². The maximum absolute atomic E-state index is 12.9.